The van der Waals surface area contributed by atoms with Crippen molar-refractivity contribution < 1.29 is 9.53 Å². The van der Waals surface area contributed by atoms with Crippen molar-refractivity contribution in [3.05, 3.63) is 35.4 Å². The Bertz CT molecular complexity index is 489. The summed E-state index contributed by atoms with van der Waals surface area (Å²) in [4.78, 5) is 12.2. The molecule has 1 aromatic rings. The predicted molar refractivity (Wildman–Crippen MR) is 77.4 cm³/mol. The van der Waals surface area contributed by atoms with Gasteiger partial charge in [-0.2, -0.15) is 0 Å². The van der Waals surface area contributed by atoms with Crippen molar-refractivity contribution in [1.82, 2.24) is 5.32 Å². The SMILES string of the molecule is NCCOCCNC(=O)C1C2CCc3ccccc3C21. The summed E-state index contributed by atoms with van der Waals surface area (Å²) in [5, 5.41) is 2.99. The summed E-state index contributed by atoms with van der Waals surface area (Å²) in [6.45, 7) is 2.20. The predicted octanol–water partition coefficient (Wildman–Crippen LogP) is 1.05. The molecule has 0 bridgehead atoms. The van der Waals surface area contributed by atoms with E-state index in [-0.39, 0.29) is 11.8 Å². The zero-order valence-corrected chi connectivity index (χ0v) is 11.7. The van der Waals surface area contributed by atoms with Crippen LogP contribution in [0.4, 0.5) is 0 Å². The molecule has 3 unspecified atom stereocenters. The lowest BCUT2D eigenvalue weighted by Gasteiger charge is -2.13. The maximum Gasteiger partial charge on any atom is 0.224 e. The Hall–Kier alpha value is -1.39. The summed E-state index contributed by atoms with van der Waals surface area (Å²) in [5.41, 5.74) is 8.16. The number of fused-ring (bicyclic) bond motifs is 3. The second-order valence-corrected chi connectivity index (χ2v) is 5.64. The van der Waals surface area contributed by atoms with Gasteiger partial charge in [0.15, 0.2) is 0 Å². The fourth-order valence-electron chi connectivity index (χ4n) is 3.47. The number of carbonyl (C=O) groups is 1. The number of amides is 1. The summed E-state index contributed by atoms with van der Waals surface area (Å²) < 4.78 is 5.27. The number of nitrogens with one attached hydrogen (secondary N) is 1. The van der Waals surface area contributed by atoms with Crippen molar-refractivity contribution in [2.75, 3.05) is 26.3 Å². The minimum absolute atomic E-state index is 0.174. The fourth-order valence-corrected chi connectivity index (χ4v) is 3.47. The highest BCUT2D eigenvalue weighted by atomic mass is 16.5. The third-order valence-electron chi connectivity index (χ3n) is 4.44. The minimum atomic E-state index is 0.174. The maximum atomic E-state index is 12.2. The molecule has 4 nitrogen and oxygen atoms in total. The Labute approximate surface area is 119 Å². The van der Waals surface area contributed by atoms with Gasteiger partial charge in [-0.3, -0.25) is 4.79 Å². The molecule has 0 aliphatic heterocycles. The van der Waals surface area contributed by atoms with E-state index in [0.29, 0.717) is 38.1 Å². The van der Waals surface area contributed by atoms with Crippen LogP contribution in [0.1, 0.15) is 23.5 Å². The second-order valence-electron chi connectivity index (χ2n) is 5.64. The Morgan fingerprint density at radius 2 is 2.20 bits per heavy atom. The van der Waals surface area contributed by atoms with E-state index < -0.39 is 0 Å². The first-order valence-electron chi connectivity index (χ1n) is 7.46. The van der Waals surface area contributed by atoms with E-state index in [4.69, 9.17) is 10.5 Å². The van der Waals surface area contributed by atoms with Crippen LogP contribution in [0.3, 0.4) is 0 Å². The van der Waals surface area contributed by atoms with Crippen molar-refractivity contribution >= 4 is 5.91 Å². The lowest BCUT2D eigenvalue weighted by Crippen LogP contribution is -2.29. The van der Waals surface area contributed by atoms with Crippen LogP contribution in [-0.4, -0.2) is 32.2 Å². The average Bonchev–Trinajstić information content (AvgIpc) is 3.22. The van der Waals surface area contributed by atoms with E-state index in [1.807, 2.05) is 0 Å². The molecule has 2 aliphatic carbocycles. The topological polar surface area (TPSA) is 64.3 Å². The van der Waals surface area contributed by atoms with Gasteiger partial charge in [0.05, 0.1) is 13.2 Å². The van der Waals surface area contributed by atoms with Gasteiger partial charge < -0.3 is 15.8 Å². The standard InChI is InChI=1S/C16H22N2O2/c17-7-9-20-10-8-18-16(19)15-13-6-5-11-3-1-2-4-12(11)14(13)15/h1-4,13-15H,5-10,17H2,(H,18,19). The van der Waals surface area contributed by atoms with Crippen molar-refractivity contribution in [3.63, 3.8) is 0 Å². The molecule has 1 fully saturated rings. The third kappa shape index (κ3) is 2.58. The molecular formula is C16H22N2O2. The number of hydrogen-bond donors (Lipinski definition) is 2. The zero-order chi connectivity index (χ0) is 13.9. The Morgan fingerprint density at radius 1 is 1.35 bits per heavy atom. The number of hydrogen-bond acceptors (Lipinski definition) is 3. The zero-order valence-electron chi connectivity index (χ0n) is 11.7. The van der Waals surface area contributed by atoms with E-state index in [0.717, 1.165) is 12.8 Å². The van der Waals surface area contributed by atoms with Gasteiger partial charge in [0.1, 0.15) is 0 Å². The molecule has 20 heavy (non-hydrogen) atoms. The van der Waals surface area contributed by atoms with Crippen LogP contribution < -0.4 is 11.1 Å². The fraction of sp³-hybridized carbons (Fsp3) is 0.562. The number of benzene rings is 1. The van der Waals surface area contributed by atoms with Crippen LogP contribution in [0, 0.1) is 11.8 Å². The van der Waals surface area contributed by atoms with Crippen LogP contribution in [-0.2, 0) is 16.0 Å². The molecule has 3 rings (SSSR count). The van der Waals surface area contributed by atoms with Gasteiger partial charge in [-0.05, 0) is 35.8 Å². The molecule has 0 heterocycles. The van der Waals surface area contributed by atoms with Crippen molar-refractivity contribution in [1.29, 1.82) is 0 Å². The smallest absolute Gasteiger partial charge is 0.224 e. The van der Waals surface area contributed by atoms with Crippen LogP contribution in [0.25, 0.3) is 0 Å². The molecule has 0 spiro atoms. The third-order valence-corrected chi connectivity index (χ3v) is 4.44. The monoisotopic (exact) mass is 274 g/mol. The molecule has 4 heteroatoms. The summed E-state index contributed by atoms with van der Waals surface area (Å²) in [7, 11) is 0. The molecular weight excluding hydrogens is 252 g/mol. The average molecular weight is 274 g/mol. The van der Waals surface area contributed by atoms with E-state index >= 15 is 0 Å². The van der Waals surface area contributed by atoms with Gasteiger partial charge in [-0.15, -0.1) is 0 Å². The number of carbonyl (C=O) groups excluding carboxylic acids is 1. The van der Waals surface area contributed by atoms with Crippen LogP contribution in [0.15, 0.2) is 24.3 Å². The van der Waals surface area contributed by atoms with Gasteiger partial charge in [-0.1, -0.05) is 24.3 Å². The van der Waals surface area contributed by atoms with Crippen molar-refractivity contribution in [2.45, 2.75) is 18.8 Å². The lowest BCUT2D eigenvalue weighted by atomic mass is 9.92. The van der Waals surface area contributed by atoms with Crippen LogP contribution >= 0.6 is 0 Å². The van der Waals surface area contributed by atoms with Crippen molar-refractivity contribution in [2.24, 2.45) is 17.6 Å². The Kier molecular flexibility index (Phi) is 4.03. The molecule has 0 saturated heterocycles. The molecule has 1 amide bonds. The molecule has 0 aromatic heterocycles. The number of nitrogens with two attached hydrogens (primary N) is 1. The van der Waals surface area contributed by atoms with E-state index in [2.05, 4.69) is 29.6 Å². The largest absolute Gasteiger partial charge is 0.378 e. The lowest BCUT2D eigenvalue weighted by molar-refractivity contribution is -0.122. The van der Waals surface area contributed by atoms with Gasteiger partial charge in [0, 0.05) is 19.0 Å². The van der Waals surface area contributed by atoms with Gasteiger partial charge in [0.2, 0.25) is 5.91 Å². The minimum Gasteiger partial charge on any atom is -0.378 e. The summed E-state index contributed by atoms with van der Waals surface area (Å²) in [6, 6.07) is 8.55. The highest BCUT2D eigenvalue weighted by Crippen LogP contribution is 2.59. The first kappa shape index (κ1) is 13.6. The quantitative estimate of drug-likeness (QED) is 0.762. The molecule has 1 aromatic carbocycles. The second kappa shape index (κ2) is 5.94. The molecule has 0 radical (unpaired) electrons. The Morgan fingerprint density at radius 3 is 3.05 bits per heavy atom. The Balaban J connectivity index is 1.52. The van der Waals surface area contributed by atoms with Gasteiger partial charge >= 0.3 is 0 Å². The first-order chi connectivity index (χ1) is 9.83. The summed E-state index contributed by atoms with van der Waals surface area (Å²) in [6.07, 6.45) is 2.25. The normalized spacial score (nSPS) is 26.6. The highest BCUT2D eigenvalue weighted by Gasteiger charge is 2.56. The number of rotatable bonds is 6. The van der Waals surface area contributed by atoms with E-state index in [1.54, 1.807) is 0 Å². The highest BCUT2D eigenvalue weighted by molar-refractivity contribution is 5.84. The van der Waals surface area contributed by atoms with E-state index in [1.165, 1.54) is 11.1 Å². The molecule has 3 atom stereocenters. The molecule has 1 saturated carbocycles. The van der Waals surface area contributed by atoms with Crippen LogP contribution in [0.5, 0.6) is 0 Å². The van der Waals surface area contributed by atoms with Crippen LogP contribution in [0.2, 0.25) is 0 Å². The first-order valence-corrected chi connectivity index (χ1v) is 7.46. The molecule has 3 N–H and O–H groups in total. The maximum absolute atomic E-state index is 12.2. The van der Waals surface area contributed by atoms with Crippen molar-refractivity contribution in [3.8, 4) is 0 Å². The molecule has 2 aliphatic rings. The number of aryl methyl sites for hydroxylation is 1. The molecule has 108 valence electrons. The summed E-state index contributed by atoms with van der Waals surface area (Å²) >= 11 is 0. The number of ether oxygens (including phenoxy) is 1. The van der Waals surface area contributed by atoms with E-state index in [9.17, 15) is 4.79 Å². The van der Waals surface area contributed by atoms with Gasteiger partial charge in [0.25, 0.3) is 0 Å². The van der Waals surface area contributed by atoms with Gasteiger partial charge in [-0.25, -0.2) is 0 Å². The summed E-state index contributed by atoms with van der Waals surface area (Å²) in [5.74, 6) is 1.36.